The summed E-state index contributed by atoms with van der Waals surface area (Å²) in [6.45, 7) is 6.91. The van der Waals surface area contributed by atoms with Gasteiger partial charge in [-0.25, -0.2) is 19.3 Å². The molecule has 0 radical (unpaired) electrons. The average Bonchev–Trinajstić information content (AvgIpc) is 2.84. The molecule has 1 saturated heterocycles. The van der Waals surface area contributed by atoms with E-state index in [4.69, 9.17) is 14.2 Å². The topological polar surface area (TPSA) is 82.1 Å². The number of nitrogens with zero attached hydrogens (tertiary/aromatic N) is 1. The summed E-state index contributed by atoms with van der Waals surface area (Å²) < 4.78 is 15.4. The van der Waals surface area contributed by atoms with Crippen LogP contribution in [-0.2, 0) is 25.4 Å². The summed E-state index contributed by atoms with van der Waals surface area (Å²) in [5.74, 6) is -0.677. The van der Waals surface area contributed by atoms with Gasteiger partial charge in [0, 0.05) is 0 Å². The third kappa shape index (κ3) is 4.77. The lowest BCUT2D eigenvalue weighted by molar-refractivity contribution is -0.152. The molecule has 7 nitrogen and oxygen atoms in total. The van der Waals surface area contributed by atoms with E-state index in [-0.39, 0.29) is 13.0 Å². The van der Waals surface area contributed by atoms with Gasteiger partial charge in [0.05, 0.1) is 12.6 Å². The maximum Gasteiger partial charge on any atom is 0.420 e. The summed E-state index contributed by atoms with van der Waals surface area (Å²) >= 11 is 0. The molecule has 2 atom stereocenters. The highest BCUT2D eigenvalue weighted by atomic mass is 16.6. The molecule has 1 fully saturated rings. The Kier molecular flexibility index (Phi) is 5.95. The van der Waals surface area contributed by atoms with E-state index in [1.54, 1.807) is 27.7 Å². The van der Waals surface area contributed by atoms with Gasteiger partial charge in [-0.1, -0.05) is 29.7 Å². The minimum atomic E-state index is -1.18. The molecule has 2 rings (SSSR count). The Morgan fingerprint density at radius 3 is 2.38 bits per heavy atom. The summed E-state index contributed by atoms with van der Waals surface area (Å²) in [7, 11) is 1.96. The number of ether oxygens (including phenoxy) is 3. The van der Waals surface area contributed by atoms with E-state index in [1.165, 1.54) is 0 Å². The molecule has 0 aromatic heterocycles. The molecule has 1 aromatic rings. The largest absolute Gasteiger partial charge is 0.463 e. The first-order valence-corrected chi connectivity index (χ1v) is 8.57. The van der Waals surface area contributed by atoms with E-state index in [9.17, 15) is 14.4 Å². The fourth-order valence-electron chi connectivity index (χ4n) is 2.63. The van der Waals surface area contributed by atoms with Gasteiger partial charge in [-0.2, -0.15) is 0 Å². The second kappa shape index (κ2) is 7.80. The standard InChI is InChI=1S/C18H24BNO6/c1-5-24-15(21)14-13(10-11-6-8-12(19)9-7-11)20(16(22)25-14)17(23)26-18(2,3)4/h6-9,13-14H,5,10,19H2,1-4H3/t13-,14+/m1/s1. The molecule has 0 spiro atoms. The van der Waals surface area contributed by atoms with Gasteiger partial charge >= 0.3 is 18.2 Å². The molecule has 2 amide bonds. The molecule has 26 heavy (non-hydrogen) atoms. The van der Waals surface area contributed by atoms with Gasteiger partial charge in [-0.15, -0.1) is 0 Å². The minimum absolute atomic E-state index is 0.149. The normalized spacial score (nSPS) is 19.8. The van der Waals surface area contributed by atoms with Crippen LogP contribution in [0.25, 0.3) is 0 Å². The number of cyclic esters (lactones) is 1. The summed E-state index contributed by atoms with van der Waals surface area (Å²) in [5.41, 5.74) is 1.16. The highest BCUT2D eigenvalue weighted by Gasteiger charge is 2.51. The summed E-state index contributed by atoms with van der Waals surface area (Å²) in [4.78, 5) is 37.9. The predicted octanol–water partition coefficient (Wildman–Crippen LogP) is 1.18. The highest BCUT2D eigenvalue weighted by Crippen LogP contribution is 2.26. The van der Waals surface area contributed by atoms with E-state index in [0.29, 0.717) is 0 Å². The molecule has 0 aliphatic carbocycles. The van der Waals surface area contributed by atoms with Crippen LogP contribution in [0.4, 0.5) is 9.59 Å². The molecule has 1 aliphatic heterocycles. The molecule has 1 heterocycles. The Labute approximate surface area is 154 Å². The average molecular weight is 361 g/mol. The van der Waals surface area contributed by atoms with Crippen LogP contribution in [0, 0.1) is 0 Å². The Hall–Kier alpha value is -2.51. The third-order valence-electron chi connectivity index (χ3n) is 3.78. The van der Waals surface area contributed by atoms with E-state index in [1.807, 2.05) is 32.1 Å². The van der Waals surface area contributed by atoms with Crippen molar-refractivity contribution in [3.63, 3.8) is 0 Å². The predicted molar refractivity (Wildman–Crippen MR) is 97.1 cm³/mol. The number of hydrogen-bond acceptors (Lipinski definition) is 6. The Balaban J connectivity index is 2.30. The second-order valence-electron chi connectivity index (χ2n) is 7.16. The number of amides is 2. The van der Waals surface area contributed by atoms with E-state index < -0.39 is 35.9 Å². The van der Waals surface area contributed by atoms with Crippen molar-refractivity contribution in [1.82, 2.24) is 4.90 Å². The van der Waals surface area contributed by atoms with Crippen LogP contribution < -0.4 is 5.46 Å². The van der Waals surface area contributed by atoms with Gasteiger partial charge < -0.3 is 14.2 Å². The third-order valence-corrected chi connectivity index (χ3v) is 3.78. The number of esters is 1. The number of carbonyl (C=O) groups is 3. The Bertz CT molecular complexity index is 682. The minimum Gasteiger partial charge on any atom is -0.463 e. The summed E-state index contributed by atoms with van der Waals surface area (Å²) in [5, 5.41) is 0. The van der Waals surface area contributed by atoms with Crippen molar-refractivity contribution in [2.24, 2.45) is 0 Å². The van der Waals surface area contributed by atoms with Crippen LogP contribution in [0.2, 0.25) is 0 Å². The lowest BCUT2D eigenvalue weighted by atomic mass is 9.93. The van der Waals surface area contributed by atoms with Crippen LogP contribution >= 0.6 is 0 Å². The highest BCUT2D eigenvalue weighted by molar-refractivity contribution is 6.32. The molecule has 8 heteroatoms. The van der Waals surface area contributed by atoms with Gasteiger partial charge in [0.2, 0.25) is 6.10 Å². The fraction of sp³-hybridized carbons (Fsp3) is 0.500. The fourth-order valence-corrected chi connectivity index (χ4v) is 2.63. The molecule has 140 valence electrons. The molecule has 0 saturated carbocycles. The van der Waals surface area contributed by atoms with Crippen molar-refractivity contribution in [2.45, 2.75) is 51.9 Å². The van der Waals surface area contributed by atoms with Crippen molar-refractivity contribution in [3.05, 3.63) is 29.8 Å². The smallest absolute Gasteiger partial charge is 0.420 e. The zero-order chi connectivity index (χ0) is 19.5. The molecule has 1 aromatic carbocycles. The van der Waals surface area contributed by atoms with Crippen LogP contribution in [0.3, 0.4) is 0 Å². The Morgan fingerprint density at radius 1 is 1.23 bits per heavy atom. The number of carbonyl (C=O) groups excluding carboxylic acids is 3. The Morgan fingerprint density at radius 2 is 1.85 bits per heavy atom. The van der Waals surface area contributed by atoms with E-state index >= 15 is 0 Å². The monoisotopic (exact) mass is 361 g/mol. The maximum atomic E-state index is 12.5. The number of imide groups is 1. The summed E-state index contributed by atoms with van der Waals surface area (Å²) in [6.07, 6.45) is -2.67. The van der Waals surface area contributed by atoms with Crippen LogP contribution in [0.1, 0.15) is 33.3 Å². The van der Waals surface area contributed by atoms with Crippen molar-refractivity contribution < 1.29 is 28.6 Å². The SMILES string of the molecule is Bc1ccc(C[C@@H]2[C@@H](C(=O)OCC)OC(=O)N2C(=O)OC(C)(C)C)cc1. The van der Waals surface area contributed by atoms with Crippen LogP contribution in [-0.4, -0.2) is 55.3 Å². The van der Waals surface area contributed by atoms with Gasteiger partial charge in [0.15, 0.2) is 0 Å². The van der Waals surface area contributed by atoms with Crippen LogP contribution in [0.5, 0.6) is 0 Å². The molecular formula is C18H24BNO6. The zero-order valence-corrected chi connectivity index (χ0v) is 15.8. The molecule has 1 aliphatic rings. The van der Waals surface area contributed by atoms with Gasteiger partial charge in [0.1, 0.15) is 13.4 Å². The van der Waals surface area contributed by atoms with Crippen molar-refractivity contribution in [3.8, 4) is 0 Å². The van der Waals surface area contributed by atoms with Crippen LogP contribution in [0.15, 0.2) is 24.3 Å². The molecule has 0 unspecified atom stereocenters. The lowest BCUT2D eigenvalue weighted by Gasteiger charge is -2.26. The number of benzene rings is 1. The van der Waals surface area contributed by atoms with Gasteiger partial charge in [-0.05, 0) is 39.7 Å². The molecule has 0 N–H and O–H groups in total. The first-order valence-electron chi connectivity index (χ1n) is 8.57. The van der Waals surface area contributed by atoms with Crippen molar-refractivity contribution in [1.29, 1.82) is 0 Å². The molecule has 0 bridgehead atoms. The van der Waals surface area contributed by atoms with Crippen molar-refractivity contribution in [2.75, 3.05) is 6.61 Å². The van der Waals surface area contributed by atoms with Gasteiger partial charge in [-0.3, -0.25) is 0 Å². The molecular weight excluding hydrogens is 337 g/mol. The number of hydrogen-bond donors (Lipinski definition) is 0. The summed E-state index contributed by atoms with van der Waals surface area (Å²) in [6, 6.07) is 6.77. The first-order chi connectivity index (χ1) is 12.1. The maximum absolute atomic E-state index is 12.5. The van der Waals surface area contributed by atoms with E-state index in [0.717, 1.165) is 15.9 Å². The lowest BCUT2D eigenvalue weighted by Crippen LogP contribution is -2.47. The van der Waals surface area contributed by atoms with E-state index in [2.05, 4.69) is 0 Å². The first kappa shape index (κ1) is 19.8. The van der Waals surface area contributed by atoms with Crippen molar-refractivity contribution >= 4 is 31.5 Å². The second-order valence-corrected chi connectivity index (χ2v) is 7.16. The van der Waals surface area contributed by atoms with Gasteiger partial charge in [0.25, 0.3) is 0 Å². The number of rotatable bonds is 4. The quantitative estimate of drug-likeness (QED) is 0.455. The zero-order valence-electron chi connectivity index (χ0n) is 15.8.